The molecule has 0 unspecified atom stereocenters. The van der Waals surface area contributed by atoms with Crippen molar-refractivity contribution < 1.29 is 0 Å². The summed E-state index contributed by atoms with van der Waals surface area (Å²) in [6, 6.07) is 14.8. The van der Waals surface area contributed by atoms with Crippen LogP contribution in [0.25, 0.3) is 10.4 Å². The SMILES string of the molecule is O=c1cc(-c2ccccc2Nc2c(Cl)cccc2Cl)ss1. The molecule has 0 radical (unpaired) electrons. The van der Waals surface area contributed by atoms with Crippen molar-refractivity contribution in [1.82, 2.24) is 0 Å². The number of anilines is 2. The van der Waals surface area contributed by atoms with Crippen LogP contribution in [0.5, 0.6) is 0 Å². The highest BCUT2D eigenvalue weighted by Gasteiger charge is 2.11. The van der Waals surface area contributed by atoms with E-state index in [1.165, 1.54) is 20.7 Å². The van der Waals surface area contributed by atoms with Gasteiger partial charge in [0, 0.05) is 17.3 Å². The zero-order valence-corrected chi connectivity index (χ0v) is 13.7. The van der Waals surface area contributed by atoms with E-state index in [-0.39, 0.29) is 4.74 Å². The van der Waals surface area contributed by atoms with Crippen molar-refractivity contribution >= 4 is 55.3 Å². The van der Waals surface area contributed by atoms with Crippen molar-refractivity contribution in [3.63, 3.8) is 0 Å². The predicted octanol–water partition coefficient (Wildman–Crippen LogP) is 5.89. The van der Waals surface area contributed by atoms with Crippen molar-refractivity contribution in [2.75, 3.05) is 5.32 Å². The van der Waals surface area contributed by atoms with Crippen LogP contribution in [0.15, 0.2) is 53.3 Å². The molecule has 3 aromatic rings. The van der Waals surface area contributed by atoms with Crippen molar-refractivity contribution in [2.45, 2.75) is 0 Å². The van der Waals surface area contributed by atoms with Gasteiger partial charge in [0.05, 0.1) is 20.6 Å². The molecule has 0 saturated heterocycles. The third-order valence-corrected chi connectivity index (χ3v) is 5.67. The molecule has 21 heavy (non-hydrogen) atoms. The molecular formula is C15H9Cl2NOS2. The van der Waals surface area contributed by atoms with Gasteiger partial charge in [0.1, 0.15) is 0 Å². The van der Waals surface area contributed by atoms with Gasteiger partial charge in [-0.1, -0.05) is 57.8 Å². The number of halogens is 2. The Labute approximate surface area is 139 Å². The van der Waals surface area contributed by atoms with Crippen molar-refractivity contribution in [1.29, 1.82) is 0 Å². The van der Waals surface area contributed by atoms with Crippen LogP contribution in [0.1, 0.15) is 0 Å². The smallest absolute Gasteiger partial charge is 0.243 e. The molecule has 0 amide bonds. The lowest BCUT2D eigenvalue weighted by Gasteiger charge is -2.13. The molecule has 6 heteroatoms. The van der Waals surface area contributed by atoms with E-state index in [1.807, 2.05) is 24.3 Å². The maximum absolute atomic E-state index is 11.4. The minimum Gasteiger partial charge on any atom is -0.353 e. The van der Waals surface area contributed by atoms with Gasteiger partial charge >= 0.3 is 0 Å². The molecule has 0 saturated carbocycles. The van der Waals surface area contributed by atoms with E-state index >= 15 is 0 Å². The maximum Gasteiger partial charge on any atom is 0.243 e. The highest BCUT2D eigenvalue weighted by atomic mass is 35.5. The van der Waals surface area contributed by atoms with E-state index in [2.05, 4.69) is 5.32 Å². The monoisotopic (exact) mass is 353 g/mol. The fourth-order valence-corrected chi connectivity index (χ4v) is 4.32. The Morgan fingerprint density at radius 3 is 2.29 bits per heavy atom. The lowest BCUT2D eigenvalue weighted by Crippen LogP contribution is -1.94. The second-order valence-corrected chi connectivity index (χ2v) is 7.25. The Hall–Kier alpha value is -1.33. The molecule has 1 heterocycles. The van der Waals surface area contributed by atoms with Gasteiger partial charge in [0.15, 0.2) is 0 Å². The fourth-order valence-electron chi connectivity index (χ4n) is 1.92. The van der Waals surface area contributed by atoms with Gasteiger partial charge < -0.3 is 5.32 Å². The molecule has 2 aromatic carbocycles. The second kappa shape index (κ2) is 6.20. The third kappa shape index (κ3) is 3.14. The summed E-state index contributed by atoms with van der Waals surface area (Å²) in [7, 11) is 2.69. The molecule has 0 aliphatic heterocycles. The Bertz CT molecular complexity index is 821. The van der Waals surface area contributed by atoms with Crippen molar-refractivity contribution in [3.8, 4) is 10.4 Å². The number of hydrogen-bond acceptors (Lipinski definition) is 4. The molecule has 2 nitrogen and oxygen atoms in total. The van der Waals surface area contributed by atoms with E-state index < -0.39 is 0 Å². The zero-order valence-electron chi connectivity index (χ0n) is 10.6. The highest BCUT2D eigenvalue weighted by molar-refractivity contribution is 7.69. The van der Waals surface area contributed by atoms with E-state index in [0.29, 0.717) is 15.7 Å². The van der Waals surface area contributed by atoms with Gasteiger partial charge in [0.2, 0.25) is 4.74 Å². The molecule has 0 spiro atoms. The van der Waals surface area contributed by atoms with Gasteiger partial charge in [-0.3, -0.25) is 4.79 Å². The summed E-state index contributed by atoms with van der Waals surface area (Å²) in [5, 5.41) is 4.37. The quantitative estimate of drug-likeness (QED) is 0.595. The number of hydrogen-bond donors (Lipinski definition) is 1. The summed E-state index contributed by atoms with van der Waals surface area (Å²) in [4.78, 5) is 12.3. The molecule has 0 bridgehead atoms. The normalized spacial score (nSPS) is 10.6. The van der Waals surface area contributed by atoms with E-state index in [1.54, 1.807) is 24.3 Å². The van der Waals surface area contributed by atoms with Crippen LogP contribution in [-0.4, -0.2) is 0 Å². The molecule has 1 N–H and O–H groups in total. The topological polar surface area (TPSA) is 29.1 Å². The van der Waals surface area contributed by atoms with Crippen molar-refractivity contribution in [3.05, 3.63) is 68.1 Å². The van der Waals surface area contributed by atoms with Crippen LogP contribution in [0.3, 0.4) is 0 Å². The number of para-hydroxylation sites is 2. The first-order chi connectivity index (χ1) is 10.1. The van der Waals surface area contributed by atoms with Gasteiger partial charge in [-0.25, -0.2) is 0 Å². The third-order valence-electron chi connectivity index (χ3n) is 2.88. The first-order valence-corrected chi connectivity index (χ1v) is 8.96. The first kappa shape index (κ1) is 14.6. The summed E-state index contributed by atoms with van der Waals surface area (Å²) in [5.74, 6) is 0. The first-order valence-electron chi connectivity index (χ1n) is 6.06. The maximum atomic E-state index is 11.4. The largest absolute Gasteiger partial charge is 0.353 e. The summed E-state index contributed by atoms with van der Waals surface area (Å²) < 4.78 is 0.0561. The Morgan fingerprint density at radius 2 is 1.62 bits per heavy atom. The van der Waals surface area contributed by atoms with E-state index in [9.17, 15) is 4.79 Å². The van der Waals surface area contributed by atoms with Crippen LogP contribution in [-0.2, 0) is 0 Å². The summed E-state index contributed by atoms with van der Waals surface area (Å²) >= 11 is 12.4. The average Bonchev–Trinajstić information content (AvgIpc) is 2.90. The van der Waals surface area contributed by atoms with Crippen LogP contribution in [0.4, 0.5) is 11.4 Å². The highest BCUT2D eigenvalue weighted by Crippen LogP contribution is 2.37. The summed E-state index contributed by atoms with van der Waals surface area (Å²) in [6.45, 7) is 0. The minimum absolute atomic E-state index is 0.0561. The summed E-state index contributed by atoms with van der Waals surface area (Å²) in [6.07, 6.45) is 0. The van der Waals surface area contributed by atoms with Gasteiger partial charge in [0.25, 0.3) is 0 Å². The van der Waals surface area contributed by atoms with Crippen LogP contribution >= 0.6 is 43.9 Å². The van der Waals surface area contributed by atoms with Crippen LogP contribution in [0.2, 0.25) is 10.0 Å². The Morgan fingerprint density at radius 1 is 0.905 bits per heavy atom. The molecule has 0 aliphatic rings. The number of rotatable bonds is 3. The average molecular weight is 354 g/mol. The van der Waals surface area contributed by atoms with Crippen molar-refractivity contribution in [2.24, 2.45) is 0 Å². The zero-order chi connectivity index (χ0) is 14.8. The second-order valence-electron chi connectivity index (χ2n) is 4.26. The molecule has 0 aliphatic carbocycles. The van der Waals surface area contributed by atoms with Gasteiger partial charge in [-0.15, -0.1) is 0 Å². The lowest BCUT2D eigenvalue weighted by atomic mass is 10.1. The number of nitrogens with one attached hydrogen (secondary N) is 1. The standard InChI is InChI=1S/C15H9Cl2NOS2/c16-10-5-3-6-11(17)15(10)18-12-7-2-1-4-9(12)13-8-14(19)21-20-13/h1-8,18H. The Kier molecular flexibility index (Phi) is 4.31. The molecule has 106 valence electrons. The number of benzene rings is 2. The molecule has 3 rings (SSSR count). The Balaban J connectivity index is 2.06. The fraction of sp³-hybridized carbons (Fsp3) is 0. The van der Waals surface area contributed by atoms with Gasteiger partial charge in [-0.05, 0) is 28.5 Å². The van der Waals surface area contributed by atoms with E-state index in [4.69, 9.17) is 23.2 Å². The van der Waals surface area contributed by atoms with Crippen LogP contribution in [0, 0.1) is 0 Å². The summed E-state index contributed by atoms with van der Waals surface area (Å²) in [5.41, 5.74) is 2.48. The molecule has 1 aromatic heterocycles. The molecule has 0 atom stereocenters. The van der Waals surface area contributed by atoms with E-state index in [0.717, 1.165) is 16.1 Å². The van der Waals surface area contributed by atoms with Crippen LogP contribution < -0.4 is 10.1 Å². The molecular weight excluding hydrogens is 345 g/mol. The minimum atomic E-state index is 0.0561. The lowest BCUT2D eigenvalue weighted by molar-refractivity contribution is 1.55. The van der Waals surface area contributed by atoms with Gasteiger partial charge in [-0.2, -0.15) is 0 Å². The predicted molar refractivity (Wildman–Crippen MR) is 93.6 cm³/mol. The molecule has 0 fully saturated rings.